The second-order valence-electron chi connectivity index (χ2n) is 5.10. The number of nitriles is 1. The number of rotatable bonds is 2. The van der Waals surface area contributed by atoms with Gasteiger partial charge in [-0.1, -0.05) is 0 Å². The van der Waals surface area contributed by atoms with E-state index in [2.05, 4.69) is 21.6 Å². The highest BCUT2D eigenvalue weighted by atomic mass is 16.5. The summed E-state index contributed by atoms with van der Waals surface area (Å²) in [5.74, 6) is 0.632. The number of aromatic amines is 1. The molecule has 3 heterocycles. The van der Waals surface area contributed by atoms with Gasteiger partial charge in [0, 0.05) is 12.5 Å². The zero-order valence-corrected chi connectivity index (χ0v) is 11.3. The Labute approximate surface area is 116 Å². The van der Waals surface area contributed by atoms with E-state index in [9.17, 15) is 5.26 Å². The standard InChI is InChI=1S/C13H17N5O2/c1-19-7-9-10-12(18-17-9)20-11(15)8(6-14)13(10)2-4-16-5-3-13/h16H,2-5,7,15H2,1H3,(H,17,18). The monoisotopic (exact) mass is 275 g/mol. The Morgan fingerprint density at radius 2 is 2.25 bits per heavy atom. The minimum absolute atomic E-state index is 0.164. The van der Waals surface area contributed by atoms with E-state index in [4.69, 9.17) is 15.2 Å². The molecule has 1 spiro atoms. The predicted octanol–water partition coefficient (Wildman–Crippen LogP) is 0.264. The van der Waals surface area contributed by atoms with Gasteiger partial charge in [0.2, 0.25) is 11.8 Å². The maximum Gasteiger partial charge on any atom is 0.244 e. The molecule has 2 aliphatic heterocycles. The van der Waals surface area contributed by atoms with Crippen molar-refractivity contribution in [3.63, 3.8) is 0 Å². The molecule has 7 nitrogen and oxygen atoms in total. The molecule has 7 heteroatoms. The van der Waals surface area contributed by atoms with Crippen LogP contribution in [0.3, 0.4) is 0 Å². The van der Waals surface area contributed by atoms with Crippen molar-refractivity contribution in [1.82, 2.24) is 15.5 Å². The molecule has 1 fully saturated rings. The van der Waals surface area contributed by atoms with E-state index in [1.807, 2.05) is 0 Å². The van der Waals surface area contributed by atoms with Crippen LogP contribution in [0.5, 0.6) is 5.88 Å². The van der Waals surface area contributed by atoms with E-state index in [1.54, 1.807) is 7.11 Å². The number of allylic oxidation sites excluding steroid dienone is 1. The van der Waals surface area contributed by atoms with Gasteiger partial charge in [0.15, 0.2) is 0 Å². The lowest BCUT2D eigenvalue weighted by Crippen LogP contribution is -2.44. The average molecular weight is 275 g/mol. The third kappa shape index (κ3) is 1.69. The number of hydrogen-bond acceptors (Lipinski definition) is 6. The summed E-state index contributed by atoms with van der Waals surface area (Å²) in [6.45, 7) is 2.06. The lowest BCUT2D eigenvalue weighted by molar-refractivity contribution is 0.178. The molecule has 0 unspecified atom stereocenters. The molecule has 106 valence electrons. The fourth-order valence-electron chi connectivity index (χ4n) is 3.21. The quantitative estimate of drug-likeness (QED) is 0.714. The summed E-state index contributed by atoms with van der Waals surface area (Å²) in [7, 11) is 1.63. The van der Waals surface area contributed by atoms with Crippen molar-refractivity contribution < 1.29 is 9.47 Å². The molecular formula is C13H17N5O2. The fourth-order valence-corrected chi connectivity index (χ4v) is 3.21. The first kappa shape index (κ1) is 13.0. The molecule has 0 amide bonds. The first-order chi connectivity index (χ1) is 9.73. The molecule has 1 aromatic rings. The minimum Gasteiger partial charge on any atom is -0.420 e. The second kappa shape index (κ2) is 4.81. The molecule has 4 N–H and O–H groups in total. The number of aromatic nitrogens is 2. The molecular weight excluding hydrogens is 258 g/mol. The number of piperidine rings is 1. The van der Waals surface area contributed by atoms with E-state index in [1.165, 1.54) is 0 Å². The summed E-state index contributed by atoms with van der Waals surface area (Å²) in [4.78, 5) is 0. The SMILES string of the molecule is COCc1[nH]nc2c1C1(CCNCC1)C(C#N)=C(N)O2. The molecule has 1 saturated heterocycles. The Bertz CT molecular complexity index is 592. The summed E-state index contributed by atoms with van der Waals surface area (Å²) in [5.41, 5.74) is 7.78. The maximum absolute atomic E-state index is 9.51. The molecule has 20 heavy (non-hydrogen) atoms. The highest BCUT2D eigenvalue weighted by Gasteiger charge is 2.47. The highest BCUT2D eigenvalue weighted by molar-refractivity contribution is 5.54. The van der Waals surface area contributed by atoms with Crippen molar-refractivity contribution in [1.29, 1.82) is 5.26 Å². The summed E-state index contributed by atoms with van der Waals surface area (Å²) in [6, 6.07) is 2.23. The Balaban J connectivity index is 2.18. The van der Waals surface area contributed by atoms with Crippen LogP contribution in [-0.4, -0.2) is 30.4 Å². The van der Waals surface area contributed by atoms with Crippen LogP contribution in [0.25, 0.3) is 0 Å². The van der Waals surface area contributed by atoms with Crippen LogP contribution in [0, 0.1) is 11.3 Å². The van der Waals surface area contributed by atoms with Crippen LogP contribution in [0.15, 0.2) is 11.5 Å². The number of methoxy groups -OCH3 is 1. The van der Waals surface area contributed by atoms with Crippen molar-refractivity contribution in [3.05, 3.63) is 22.7 Å². The van der Waals surface area contributed by atoms with Crippen LogP contribution >= 0.6 is 0 Å². The van der Waals surface area contributed by atoms with E-state index >= 15 is 0 Å². The van der Waals surface area contributed by atoms with E-state index in [-0.39, 0.29) is 5.88 Å². The lowest BCUT2D eigenvalue weighted by atomic mass is 9.67. The molecule has 0 radical (unpaired) electrons. The summed E-state index contributed by atoms with van der Waals surface area (Å²) < 4.78 is 10.7. The zero-order valence-electron chi connectivity index (χ0n) is 11.3. The van der Waals surface area contributed by atoms with Gasteiger partial charge in [-0.05, 0) is 25.9 Å². The first-order valence-electron chi connectivity index (χ1n) is 6.58. The predicted molar refractivity (Wildman–Crippen MR) is 70.5 cm³/mol. The largest absolute Gasteiger partial charge is 0.420 e. The van der Waals surface area contributed by atoms with Gasteiger partial charge in [0.25, 0.3) is 0 Å². The number of nitrogens with one attached hydrogen (secondary N) is 2. The van der Waals surface area contributed by atoms with E-state index in [0.29, 0.717) is 18.1 Å². The van der Waals surface area contributed by atoms with Crippen molar-refractivity contribution in [3.8, 4) is 11.9 Å². The third-order valence-corrected chi connectivity index (χ3v) is 4.08. The highest BCUT2D eigenvalue weighted by Crippen LogP contribution is 2.48. The van der Waals surface area contributed by atoms with Crippen LogP contribution in [0.1, 0.15) is 24.1 Å². The molecule has 0 aliphatic carbocycles. The molecule has 0 saturated carbocycles. The number of hydrogen-bond donors (Lipinski definition) is 3. The maximum atomic E-state index is 9.51. The average Bonchev–Trinajstić information content (AvgIpc) is 2.84. The zero-order chi connectivity index (χ0) is 14.2. The second-order valence-corrected chi connectivity index (χ2v) is 5.10. The van der Waals surface area contributed by atoms with E-state index in [0.717, 1.165) is 37.2 Å². The first-order valence-corrected chi connectivity index (χ1v) is 6.58. The number of nitrogens with two attached hydrogens (primary N) is 1. The molecule has 3 rings (SSSR count). The Morgan fingerprint density at radius 1 is 1.50 bits per heavy atom. The van der Waals surface area contributed by atoms with Gasteiger partial charge < -0.3 is 20.5 Å². The van der Waals surface area contributed by atoms with Gasteiger partial charge >= 0.3 is 0 Å². The van der Waals surface area contributed by atoms with Crippen LogP contribution in [0.2, 0.25) is 0 Å². The number of H-pyrrole nitrogens is 1. The number of ether oxygens (including phenoxy) is 2. The molecule has 0 atom stereocenters. The van der Waals surface area contributed by atoms with Crippen molar-refractivity contribution >= 4 is 0 Å². The number of nitrogens with zero attached hydrogens (tertiary/aromatic N) is 2. The summed E-state index contributed by atoms with van der Waals surface area (Å²) >= 11 is 0. The van der Waals surface area contributed by atoms with Gasteiger partial charge in [-0.2, -0.15) is 5.26 Å². The Hall–Kier alpha value is -2.04. The summed E-state index contributed by atoms with van der Waals surface area (Å²) in [6.07, 6.45) is 1.59. The molecule has 0 bridgehead atoms. The Morgan fingerprint density at radius 3 is 2.90 bits per heavy atom. The van der Waals surface area contributed by atoms with Gasteiger partial charge in [0.05, 0.1) is 17.9 Å². The fraction of sp³-hybridized carbons (Fsp3) is 0.538. The summed E-state index contributed by atoms with van der Waals surface area (Å²) in [5, 5.41) is 19.9. The molecule has 1 aromatic heterocycles. The van der Waals surface area contributed by atoms with Crippen LogP contribution < -0.4 is 15.8 Å². The van der Waals surface area contributed by atoms with Gasteiger partial charge in [0.1, 0.15) is 11.6 Å². The Kier molecular flexibility index (Phi) is 3.12. The van der Waals surface area contributed by atoms with Crippen LogP contribution in [-0.2, 0) is 16.8 Å². The minimum atomic E-state index is -0.418. The van der Waals surface area contributed by atoms with Crippen molar-refractivity contribution in [2.45, 2.75) is 24.9 Å². The van der Waals surface area contributed by atoms with E-state index < -0.39 is 5.41 Å². The topological polar surface area (TPSA) is 109 Å². The number of fused-ring (bicyclic) bond motifs is 2. The van der Waals surface area contributed by atoms with Crippen molar-refractivity contribution in [2.75, 3.05) is 20.2 Å². The molecule has 0 aromatic carbocycles. The van der Waals surface area contributed by atoms with Gasteiger partial charge in [-0.15, -0.1) is 5.10 Å². The lowest BCUT2D eigenvalue weighted by Gasteiger charge is -2.40. The third-order valence-electron chi connectivity index (χ3n) is 4.08. The van der Waals surface area contributed by atoms with Gasteiger partial charge in [-0.3, -0.25) is 5.10 Å². The normalized spacial score (nSPS) is 20.4. The van der Waals surface area contributed by atoms with Crippen LogP contribution in [0.4, 0.5) is 0 Å². The van der Waals surface area contributed by atoms with Crippen molar-refractivity contribution in [2.24, 2.45) is 5.73 Å². The molecule has 2 aliphatic rings. The van der Waals surface area contributed by atoms with Gasteiger partial charge in [-0.25, -0.2) is 0 Å². The smallest absolute Gasteiger partial charge is 0.244 e.